The van der Waals surface area contributed by atoms with Crippen LogP contribution in [0.25, 0.3) is 0 Å². The van der Waals surface area contributed by atoms with E-state index in [1.165, 1.54) is 0 Å². The number of aliphatic hydroxyl groups excluding tert-OH is 1. The Balaban J connectivity index is 2.99. The van der Waals surface area contributed by atoms with Crippen molar-refractivity contribution in [2.24, 2.45) is 5.73 Å². The number of thioether (sulfide) groups is 1. The molecule has 0 spiro atoms. The maximum atomic E-state index is 12.2. The highest BCUT2D eigenvalue weighted by Gasteiger charge is 2.38. The molecule has 0 bridgehead atoms. The van der Waals surface area contributed by atoms with E-state index in [0.29, 0.717) is 6.42 Å². The Morgan fingerprint density at radius 3 is 2.43 bits per heavy atom. The van der Waals surface area contributed by atoms with Crippen molar-refractivity contribution in [1.29, 1.82) is 0 Å². The van der Waals surface area contributed by atoms with Crippen molar-refractivity contribution in [1.82, 2.24) is 5.32 Å². The highest BCUT2D eigenvalue weighted by Crippen LogP contribution is 2.28. The van der Waals surface area contributed by atoms with E-state index < -0.39 is 5.54 Å². The standard InChI is InChI=1S/C16H26N2O2S/c1-12(2)18-16(15(17)20,9-10-21-13(3)11-19)14-7-5-4-6-8-14/h4-8,12-13,18-19H,9-11H2,1-3H3,(H2,17,20). The molecule has 0 heterocycles. The topological polar surface area (TPSA) is 75.3 Å². The van der Waals surface area contributed by atoms with Gasteiger partial charge in [0.25, 0.3) is 0 Å². The number of nitrogens with one attached hydrogen (secondary N) is 1. The van der Waals surface area contributed by atoms with Crippen LogP contribution in [0.3, 0.4) is 0 Å². The molecule has 0 aliphatic rings. The lowest BCUT2D eigenvalue weighted by molar-refractivity contribution is -0.125. The van der Waals surface area contributed by atoms with E-state index in [9.17, 15) is 4.79 Å². The molecule has 4 nitrogen and oxygen atoms in total. The molecule has 4 N–H and O–H groups in total. The van der Waals surface area contributed by atoms with Gasteiger partial charge >= 0.3 is 0 Å². The number of primary amides is 1. The zero-order valence-electron chi connectivity index (χ0n) is 13.0. The minimum Gasteiger partial charge on any atom is -0.395 e. The van der Waals surface area contributed by atoms with Gasteiger partial charge in [-0.3, -0.25) is 10.1 Å². The second-order valence-corrected chi connectivity index (χ2v) is 7.09. The molecule has 2 unspecified atom stereocenters. The van der Waals surface area contributed by atoms with Crippen molar-refractivity contribution in [3.8, 4) is 0 Å². The minimum absolute atomic E-state index is 0.136. The van der Waals surface area contributed by atoms with Gasteiger partial charge in [-0.15, -0.1) is 0 Å². The van der Waals surface area contributed by atoms with Gasteiger partial charge in [0.2, 0.25) is 5.91 Å². The van der Waals surface area contributed by atoms with Crippen molar-refractivity contribution < 1.29 is 9.90 Å². The Hall–Kier alpha value is -1.04. The lowest BCUT2D eigenvalue weighted by Crippen LogP contribution is -2.55. The molecule has 1 aromatic carbocycles. The van der Waals surface area contributed by atoms with E-state index in [2.05, 4.69) is 5.32 Å². The second-order valence-electron chi connectivity index (χ2n) is 5.55. The molecule has 0 aliphatic carbocycles. The van der Waals surface area contributed by atoms with Crippen molar-refractivity contribution in [3.05, 3.63) is 35.9 Å². The molecule has 1 aromatic rings. The summed E-state index contributed by atoms with van der Waals surface area (Å²) in [5.74, 6) is 0.388. The summed E-state index contributed by atoms with van der Waals surface area (Å²) in [6, 6.07) is 9.75. The van der Waals surface area contributed by atoms with Gasteiger partial charge in [-0.25, -0.2) is 0 Å². The molecule has 5 heteroatoms. The fourth-order valence-corrected chi connectivity index (χ4v) is 3.25. The lowest BCUT2D eigenvalue weighted by atomic mass is 9.85. The zero-order chi connectivity index (χ0) is 15.9. The number of hydrogen-bond donors (Lipinski definition) is 3. The summed E-state index contributed by atoms with van der Waals surface area (Å²) >= 11 is 1.64. The first-order valence-corrected chi connectivity index (χ1v) is 8.33. The molecular formula is C16H26N2O2S. The van der Waals surface area contributed by atoms with Crippen LogP contribution < -0.4 is 11.1 Å². The number of aliphatic hydroxyl groups is 1. The van der Waals surface area contributed by atoms with Gasteiger partial charge in [0, 0.05) is 11.3 Å². The summed E-state index contributed by atoms with van der Waals surface area (Å²) in [6.07, 6.45) is 0.597. The van der Waals surface area contributed by atoms with Crippen LogP contribution in [0, 0.1) is 0 Å². The van der Waals surface area contributed by atoms with E-state index in [1.54, 1.807) is 11.8 Å². The Morgan fingerprint density at radius 2 is 1.95 bits per heavy atom. The predicted octanol–water partition coefficient (Wildman–Crippen LogP) is 1.87. The van der Waals surface area contributed by atoms with E-state index in [4.69, 9.17) is 10.8 Å². The van der Waals surface area contributed by atoms with Crippen LogP contribution in [0.4, 0.5) is 0 Å². The third kappa shape index (κ3) is 5.02. The van der Waals surface area contributed by atoms with Crippen molar-refractivity contribution in [2.75, 3.05) is 12.4 Å². The molecule has 0 aliphatic heterocycles. The van der Waals surface area contributed by atoms with Gasteiger partial charge in [-0.2, -0.15) is 11.8 Å². The summed E-state index contributed by atoms with van der Waals surface area (Å²) in [5.41, 5.74) is 5.77. The third-order valence-corrected chi connectivity index (χ3v) is 4.52. The quantitative estimate of drug-likeness (QED) is 0.651. The summed E-state index contributed by atoms with van der Waals surface area (Å²) in [5, 5.41) is 12.6. The summed E-state index contributed by atoms with van der Waals surface area (Å²) in [6.45, 7) is 6.11. The van der Waals surface area contributed by atoms with Gasteiger partial charge in [0.05, 0.1) is 6.61 Å². The van der Waals surface area contributed by atoms with Gasteiger partial charge in [-0.1, -0.05) is 37.3 Å². The summed E-state index contributed by atoms with van der Waals surface area (Å²) in [7, 11) is 0. The fraction of sp³-hybridized carbons (Fsp3) is 0.562. The third-order valence-electron chi connectivity index (χ3n) is 3.36. The zero-order valence-corrected chi connectivity index (χ0v) is 13.8. The number of benzene rings is 1. The van der Waals surface area contributed by atoms with Crippen LogP contribution in [-0.2, 0) is 10.3 Å². The lowest BCUT2D eigenvalue weighted by Gasteiger charge is -2.34. The summed E-state index contributed by atoms with van der Waals surface area (Å²) < 4.78 is 0. The van der Waals surface area contributed by atoms with Crippen LogP contribution in [0.5, 0.6) is 0 Å². The molecule has 2 atom stereocenters. The number of hydrogen-bond acceptors (Lipinski definition) is 4. The molecule has 0 radical (unpaired) electrons. The van der Waals surface area contributed by atoms with Crippen LogP contribution in [0.2, 0.25) is 0 Å². The Kier molecular flexibility index (Phi) is 7.22. The monoisotopic (exact) mass is 310 g/mol. The Labute approximate surface area is 131 Å². The molecular weight excluding hydrogens is 284 g/mol. The average Bonchev–Trinajstić information content (AvgIpc) is 2.46. The second kappa shape index (κ2) is 8.41. The summed E-state index contributed by atoms with van der Waals surface area (Å²) in [4.78, 5) is 12.2. The average molecular weight is 310 g/mol. The Morgan fingerprint density at radius 1 is 1.33 bits per heavy atom. The number of rotatable bonds is 9. The van der Waals surface area contributed by atoms with Gasteiger partial charge in [0.15, 0.2) is 0 Å². The van der Waals surface area contributed by atoms with Gasteiger partial charge in [-0.05, 0) is 31.6 Å². The Bertz CT molecular complexity index is 439. The van der Waals surface area contributed by atoms with Crippen LogP contribution in [0.15, 0.2) is 30.3 Å². The maximum absolute atomic E-state index is 12.2. The largest absolute Gasteiger partial charge is 0.395 e. The van der Waals surface area contributed by atoms with Gasteiger partial charge in [0.1, 0.15) is 5.54 Å². The first kappa shape index (κ1) is 18.0. The van der Waals surface area contributed by atoms with Crippen molar-refractivity contribution >= 4 is 17.7 Å². The van der Waals surface area contributed by atoms with Crippen molar-refractivity contribution in [3.63, 3.8) is 0 Å². The highest BCUT2D eigenvalue weighted by atomic mass is 32.2. The highest BCUT2D eigenvalue weighted by molar-refractivity contribution is 7.99. The fourth-order valence-electron chi connectivity index (χ4n) is 2.32. The van der Waals surface area contributed by atoms with Gasteiger partial charge < -0.3 is 10.8 Å². The van der Waals surface area contributed by atoms with Crippen LogP contribution >= 0.6 is 11.8 Å². The first-order valence-electron chi connectivity index (χ1n) is 7.28. The smallest absolute Gasteiger partial charge is 0.242 e. The number of amides is 1. The number of carbonyl (C=O) groups is 1. The SMILES string of the molecule is CC(C)NC(CCSC(C)CO)(C(N)=O)c1ccccc1. The maximum Gasteiger partial charge on any atom is 0.242 e. The van der Waals surface area contributed by atoms with E-state index in [0.717, 1.165) is 11.3 Å². The van der Waals surface area contributed by atoms with E-state index >= 15 is 0 Å². The van der Waals surface area contributed by atoms with E-state index in [-0.39, 0.29) is 23.8 Å². The van der Waals surface area contributed by atoms with Crippen molar-refractivity contribution in [2.45, 2.75) is 44.0 Å². The molecule has 0 saturated carbocycles. The molecule has 0 fully saturated rings. The molecule has 0 saturated heterocycles. The number of nitrogens with two attached hydrogens (primary N) is 1. The predicted molar refractivity (Wildman–Crippen MR) is 89.2 cm³/mol. The molecule has 0 aromatic heterocycles. The molecule has 21 heavy (non-hydrogen) atoms. The van der Waals surface area contributed by atoms with E-state index in [1.807, 2.05) is 51.1 Å². The number of carbonyl (C=O) groups excluding carboxylic acids is 1. The molecule has 118 valence electrons. The first-order chi connectivity index (χ1) is 9.92. The molecule has 1 amide bonds. The van der Waals surface area contributed by atoms with Crippen LogP contribution in [-0.4, -0.2) is 34.7 Å². The normalized spacial score (nSPS) is 15.7. The van der Waals surface area contributed by atoms with Crippen LogP contribution in [0.1, 0.15) is 32.8 Å². The minimum atomic E-state index is -0.863. The molecule has 1 rings (SSSR count).